The molecule has 1 fully saturated rings. The number of benzene rings is 1. The fourth-order valence-corrected chi connectivity index (χ4v) is 4.19. The molecule has 176 valence electrons. The topological polar surface area (TPSA) is 117 Å². The SMILES string of the molecule is Cc1c(-c2cc3cc(NC(=O)N[C@@H]4C[C@@H]4F)ncc3c(Cl)c2F)cnc2c1N(C(=O)O)CCO2. The number of hydrogen-bond acceptors (Lipinski definition) is 5. The maximum absolute atomic E-state index is 15.3. The zero-order valence-electron chi connectivity index (χ0n) is 17.7. The van der Waals surface area contributed by atoms with Crippen LogP contribution in [0, 0.1) is 12.7 Å². The predicted molar refractivity (Wildman–Crippen MR) is 121 cm³/mol. The van der Waals surface area contributed by atoms with Crippen molar-refractivity contribution in [3.8, 4) is 17.0 Å². The van der Waals surface area contributed by atoms with Gasteiger partial charge in [0.2, 0.25) is 5.88 Å². The Kier molecular flexibility index (Phi) is 5.35. The molecule has 0 unspecified atom stereocenters. The number of nitrogens with zero attached hydrogens (tertiary/aromatic N) is 3. The second kappa shape index (κ2) is 8.24. The highest BCUT2D eigenvalue weighted by Gasteiger charge is 2.38. The van der Waals surface area contributed by atoms with Crippen molar-refractivity contribution in [2.45, 2.75) is 25.6 Å². The molecule has 1 aromatic carbocycles. The summed E-state index contributed by atoms with van der Waals surface area (Å²) in [7, 11) is 0. The molecule has 3 heterocycles. The number of halogens is 3. The Morgan fingerprint density at radius 1 is 1.26 bits per heavy atom. The number of urea groups is 1. The van der Waals surface area contributed by atoms with Crippen LogP contribution in [0.2, 0.25) is 5.02 Å². The molecule has 0 spiro atoms. The van der Waals surface area contributed by atoms with Crippen LogP contribution in [0.3, 0.4) is 0 Å². The van der Waals surface area contributed by atoms with Crippen molar-refractivity contribution >= 4 is 46.0 Å². The third kappa shape index (κ3) is 3.81. The molecule has 0 bridgehead atoms. The van der Waals surface area contributed by atoms with Gasteiger partial charge in [-0.3, -0.25) is 10.2 Å². The summed E-state index contributed by atoms with van der Waals surface area (Å²) in [4.78, 5) is 33.1. The fraction of sp³-hybridized carbons (Fsp3) is 0.273. The summed E-state index contributed by atoms with van der Waals surface area (Å²) < 4.78 is 33.8. The van der Waals surface area contributed by atoms with Crippen molar-refractivity contribution in [2.75, 3.05) is 23.4 Å². The molecule has 12 heteroatoms. The van der Waals surface area contributed by atoms with Gasteiger partial charge in [-0.25, -0.2) is 28.3 Å². The molecule has 0 saturated heterocycles. The predicted octanol–water partition coefficient (Wildman–Crippen LogP) is 4.51. The average molecular weight is 490 g/mol. The molecular formula is C22H18ClF2N5O4. The lowest BCUT2D eigenvalue weighted by Gasteiger charge is -2.28. The van der Waals surface area contributed by atoms with Gasteiger partial charge in [-0.1, -0.05) is 11.6 Å². The molecular weight excluding hydrogens is 472 g/mol. The highest BCUT2D eigenvalue weighted by molar-refractivity contribution is 6.36. The van der Waals surface area contributed by atoms with E-state index in [9.17, 15) is 19.1 Å². The minimum Gasteiger partial charge on any atom is -0.474 e. The van der Waals surface area contributed by atoms with Crippen molar-refractivity contribution in [3.05, 3.63) is 40.9 Å². The van der Waals surface area contributed by atoms with Crippen LogP contribution in [0.5, 0.6) is 5.88 Å². The van der Waals surface area contributed by atoms with Crippen LogP contribution in [0.25, 0.3) is 21.9 Å². The minimum absolute atomic E-state index is 0.0982. The Labute approximate surface area is 196 Å². The van der Waals surface area contributed by atoms with Crippen LogP contribution in [0.15, 0.2) is 24.5 Å². The monoisotopic (exact) mass is 489 g/mol. The smallest absolute Gasteiger partial charge is 0.412 e. The van der Waals surface area contributed by atoms with Gasteiger partial charge < -0.3 is 15.2 Å². The van der Waals surface area contributed by atoms with E-state index in [4.69, 9.17) is 16.3 Å². The highest BCUT2D eigenvalue weighted by atomic mass is 35.5. The van der Waals surface area contributed by atoms with Gasteiger partial charge in [0.15, 0.2) is 0 Å². The number of nitrogens with one attached hydrogen (secondary N) is 2. The number of alkyl halides is 1. The molecule has 2 atom stereocenters. The van der Waals surface area contributed by atoms with Crippen LogP contribution in [-0.2, 0) is 0 Å². The van der Waals surface area contributed by atoms with E-state index in [1.54, 1.807) is 6.92 Å². The van der Waals surface area contributed by atoms with Gasteiger partial charge in [-0.05, 0) is 30.0 Å². The van der Waals surface area contributed by atoms with Gasteiger partial charge in [-0.15, -0.1) is 0 Å². The maximum atomic E-state index is 15.3. The Balaban J connectivity index is 1.56. The Morgan fingerprint density at radius 3 is 2.74 bits per heavy atom. The van der Waals surface area contributed by atoms with E-state index < -0.39 is 30.2 Å². The molecule has 1 aliphatic carbocycles. The van der Waals surface area contributed by atoms with Gasteiger partial charge >= 0.3 is 12.1 Å². The molecule has 1 saturated carbocycles. The zero-order valence-corrected chi connectivity index (χ0v) is 18.5. The van der Waals surface area contributed by atoms with Gasteiger partial charge in [0.05, 0.1) is 17.6 Å². The number of fused-ring (bicyclic) bond motifs is 2. The number of pyridine rings is 2. The lowest BCUT2D eigenvalue weighted by atomic mass is 9.97. The number of carbonyl (C=O) groups excluding carboxylic acids is 1. The first-order chi connectivity index (χ1) is 16.2. The third-order valence-corrected chi connectivity index (χ3v) is 6.16. The summed E-state index contributed by atoms with van der Waals surface area (Å²) in [5.74, 6) is -0.406. The maximum Gasteiger partial charge on any atom is 0.412 e. The molecule has 3 N–H and O–H groups in total. The molecule has 2 aromatic heterocycles. The first-order valence-electron chi connectivity index (χ1n) is 10.4. The molecule has 34 heavy (non-hydrogen) atoms. The van der Waals surface area contributed by atoms with E-state index >= 15 is 4.39 Å². The molecule has 2 aliphatic rings. The van der Waals surface area contributed by atoms with Crippen LogP contribution in [-0.4, -0.2) is 52.6 Å². The van der Waals surface area contributed by atoms with Crippen LogP contribution in [0.4, 0.5) is 29.9 Å². The average Bonchev–Trinajstić information content (AvgIpc) is 3.50. The van der Waals surface area contributed by atoms with Gasteiger partial charge in [0, 0.05) is 35.3 Å². The van der Waals surface area contributed by atoms with E-state index in [0.717, 1.165) is 4.90 Å². The van der Waals surface area contributed by atoms with Crippen molar-refractivity contribution in [1.82, 2.24) is 15.3 Å². The molecule has 3 aromatic rings. The lowest BCUT2D eigenvalue weighted by molar-refractivity contribution is 0.196. The number of carbonyl (C=O) groups is 2. The summed E-state index contributed by atoms with van der Waals surface area (Å²) in [5.41, 5.74) is 1.13. The van der Waals surface area contributed by atoms with Crippen molar-refractivity contribution in [1.29, 1.82) is 0 Å². The highest BCUT2D eigenvalue weighted by Crippen LogP contribution is 2.41. The van der Waals surface area contributed by atoms with E-state index in [0.29, 0.717) is 21.9 Å². The number of ether oxygens (including phenoxy) is 1. The first kappa shape index (κ1) is 22.1. The van der Waals surface area contributed by atoms with Crippen molar-refractivity contribution in [3.63, 3.8) is 0 Å². The number of amides is 3. The molecule has 5 rings (SSSR count). The van der Waals surface area contributed by atoms with E-state index in [1.807, 2.05) is 0 Å². The van der Waals surface area contributed by atoms with Crippen LogP contribution in [0.1, 0.15) is 12.0 Å². The van der Waals surface area contributed by atoms with Crippen LogP contribution < -0.4 is 20.3 Å². The molecule has 3 amide bonds. The van der Waals surface area contributed by atoms with Crippen molar-refractivity contribution < 1.29 is 28.2 Å². The standard InChI is InChI=1S/C22H18ClF2N5O4/c1-9-12(7-27-20-19(9)30(22(32)33)2-3-34-20)11-4-10-5-16(26-8-13(10)17(23)18(11)25)29-21(31)28-15-6-14(15)24/h4-5,7-8,14-15H,2-3,6H2,1H3,(H,32,33)(H2,26,28,29,31)/t14-,15+/m0/s1. The van der Waals surface area contributed by atoms with E-state index in [2.05, 4.69) is 20.6 Å². The number of hydrogen-bond donors (Lipinski definition) is 3. The van der Waals surface area contributed by atoms with Crippen LogP contribution >= 0.6 is 11.6 Å². The third-order valence-electron chi connectivity index (χ3n) is 5.79. The van der Waals surface area contributed by atoms with Crippen molar-refractivity contribution in [2.24, 2.45) is 0 Å². The van der Waals surface area contributed by atoms with Gasteiger partial charge in [0.25, 0.3) is 0 Å². The summed E-state index contributed by atoms with van der Waals surface area (Å²) in [6.45, 7) is 1.92. The molecule has 9 nitrogen and oxygen atoms in total. The van der Waals surface area contributed by atoms with Gasteiger partial charge in [-0.2, -0.15) is 0 Å². The first-order valence-corrected chi connectivity index (χ1v) is 10.7. The second-order valence-electron chi connectivity index (χ2n) is 8.03. The van der Waals surface area contributed by atoms with E-state index in [1.165, 1.54) is 24.5 Å². The summed E-state index contributed by atoms with van der Waals surface area (Å²) >= 11 is 6.30. The summed E-state index contributed by atoms with van der Waals surface area (Å²) in [6, 6.07) is 1.92. The Hall–Kier alpha value is -3.73. The zero-order chi connectivity index (χ0) is 24.1. The number of rotatable bonds is 3. The largest absolute Gasteiger partial charge is 0.474 e. The fourth-order valence-electron chi connectivity index (χ4n) is 3.93. The Bertz CT molecular complexity index is 1350. The van der Waals surface area contributed by atoms with E-state index in [-0.39, 0.29) is 47.5 Å². The normalized spacial score (nSPS) is 18.8. The number of aromatic nitrogens is 2. The molecule has 0 radical (unpaired) electrons. The Morgan fingerprint density at radius 2 is 2.03 bits per heavy atom. The summed E-state index contributed by atoms with van der Waals surface area (Å²) in [6.07, 6.45) is 0.781. The van der Waals surface area contributed by atoms with Gasteiger partial charge in [0.1, 0.15) is 30.1 Å². The quantitative estimate of drug-likeness (QED) is 0.498. The second-order valence-corrected chi connectivity index (χ2v) is 8.41. The summed E-state index contributed by atoms with van der Waals surface area (Å²) in [5, 5.41) is 15.2. The lowest BCUT2D eigenvalue weighted by Crippen LogP contribution is -2.37. The number of anilines is 2. The minimum atomic E-state index is -1.17. The molecule has 1 aliphatic heterocycles. The number of carboxylic acid groups (broad SMARTS) is 1.